The lowest BCUT2D eigenvalue weighted by molar-refractivity contribution is -0.384. The van der Waals surface area contributed by atoms with E-state index in [4.69, 9.17) is 9.47 Å². The van der Waals surface area contributed by atoms with Crippen molar-refractivity contribution < 1.29 is 19.2 Å². The number of hydrogen-bond donors (Lipinski definition) is 1. The summed E-state index contributed by atoms with van der Waals surface area (Å²) in [4.78, 5) is 25.7. The molecule has 0 spiro atoms. The van der Waals surface area contributed by atoms with Crippen molar-refractivity contribution in [3.8, 4) is 5.75 Å². The van der Waals surface area contributed by atoms with Crippen molar-refractivity contribution >= 4 is 22.6 Å². The first-order valence-corrected chi connectivity index (χ1v) is 8.51. The summed E-state index contributed by atoms with van der Waals surface area (Å²) in [6, 6.07) is 9.97. The Balaban J connectivity index is 2.12. The molecule has 0 aliphatic carbocycles. The smallest absolute Gasteiger partial charge is 0.337 e. The molecule has 7 heteroatoms. The number of nitro groups is 1. The predicted octanol–water partition coefficient (Wildman–Crippen LogP) is 4.41. The van der Waals surface area contributed by atoms with Gasteiger partial charge in [-0.05, 0) is 30.2 Å². The van der Waals surface area contributed by atoms with Crippen LogP contribution in [0.25, 0.3) is 10.9 Å². The van der Waals surface area contributed by atoms with Gasteiger partial charge in [0.2, 0.25) is 0 Å². The lowest BCUT2D eigenvalue weighted by Gasteiger charge is -2.19. The third-order valence-corrected chi connectivity index (χ3v) is 4.72. The normalized spacial score (nSPS) is 12.0. The van der Waals surface area contributed by atoms with E-state index in [0.29, 0.717) is 11.3 Å². The van der Waals surface area contributed by atoms with Gasteiger partial charge >= 0.3 is 5.97 Å². The van der Waals surface area contributed by atoms with Crippen molar-refractivity contribution in [2.45, 2.75) is 19.3 Å². The Hall–Kier alpha value is -3.35. The lowest BCUT2D eigenvalue weighted by Crippen LogP contribution is -2.06. The number of carbonyl (C=O) groups excluding carboxylic acids is 1. The number of fused-ring (bicyclic) bond motifs is 1. The van der Waals surface area contributed by atoms with Crippen LogP contribution in [0.1, 0.15) is 40.7 Å². The molecule has 0 bridgehead atoms. The Morgan fingerprint density at radius 1 is 1.19 bits per heavy atom. The van der Waals surface area contributed by atoms with Crippen LogP contribution in [-0.2, 0) is 4.74 Å². The molecular formula is C20H20N2O5. The highest BCUT2D eigenvalue weighted by molar-refractivity contribution is 5.90. The van der Waals surface area contributed by atoms with Crippen molar-refractivity contribution in [3.63, 3.8) is 0 Å². The minimum Gasteiger partial charge on any atom is -0.496 e. The summed E-state index contributed by atoms with van der Waals surface area (Å²) >= 11 is 0. The number of non-ortho nitro benzene ring substituents is 1. The third-order valence-electron chi connectivity index (χ3n) is 4.72. The molecule has 0 fully saturated rings. The van der Waals surface area contributed by atoms with Crippen LogP contribution in [-0.4, -0.2) is 30.1 Å². The molecule has 7 nitrogen and oxygen atoms in total. The molecule has 0 radical (unpaired) electrons. The molecular weight excluding hydrogens is 348 g/mol. The number of benzene rings is 2. The van der Waals surface area contributed by atoms with E-state index in [1.807, 2.05) is 19.2 Å². The number of methoxy groups -OCH3 is 2. The average Bonchev–Trinajstić information content (AvgIpc) is 3.11. The topological polar surface area (TPSA) is 94.5 Å². The molecule has 0 aliphatic heterocycles. The van der Waals surface area contributed by atoms with Gasteiger partial charge in [-0.2, -0.15) is 0 Å². The SMILES string of the molecule is CCC(c1ccc(C(=O)OC)cc1OC)c1c[nH]c2ccc([N+](=O)[O-])cc12. The van der Waals surface area contributed by atoms with E-state index in [0.717, 1.165) is 28.5 Å². The van der Waals surface area contributed by atoms with Gasteiger partial charge in [0.15, 0.2) is 0 Å². The summed E-state index contributed by atoms with van der Waals surface area (Å²) < 4.78 is 10.3. The van der Waals surface area contributed by atoms with Gasteiger partial charge in [-0.25, -0.2) is 4.79 Å². The van der Waals surface area contributed by atoms with Gasteiger partial charge in [0.25, 0.3) is 5.69 Å². The van der Waals surface area contributed by atoms with Crippen LogP contribution >= 0.6 is 0 Å². The van der Waals surface area contributed by atoms with Crippen LogP contribution < -0.4 is 4.74 Å². The summed E-state index contributed by atoms with van der Waals surface area (Å²) in [6.45, 7) is 2.04. The Bertz CT molecular complexity index is 1010. The molecule has 0 saturated heterocycles. The van der Waals surface area contributed by atoms with Gasteiger partial charge < -0.3 is 14.5 Å². The zero-order chi connectivity index (χ0) is 19.6. The van der Waals surface area contributed by atoms with E-state index in [1.54, 1.807) is 31.4 Å². The van der Waals surface area contributed by atoms with Crippen LogP contribution in [0.2, 0.25) is 0 Å². The molecule has 1 atom stereocenters. The number of nitrogens with one attached hydrogen (secondary N) is 1. The number of aromatic nitrogens is 1. The molecule has 3 aromatic rings. The first-order chi connectivity index (χ1) is 13.0. The number of nitro benzene ring substituents is 1. The number of H-pyrrole nitrogens is 1. The number of ether oxygens (including phenoxy) is 2. The number of hydrogen-bond acceptors (Lipinski definition) is 5. The highest BCUT2D eigenvalue weighted by Crippen LogP contribution is 2.39. The largest absolute Gasteiger partial charge is 0.496 e. The Morgan fingerprint density at radius 2 is 1.96 bits per heavy atom. The van der Waals surface area contributed by atoms with Gasteiger partial charge in [-0.3, -0.25) is 10.1 Å². The van der Waals surface area contributed by atoms with E-state index < -0.39 is 10.9 Å². The Morgan fingerprint density at radius 3 is 2.59 bits per heavy atom. The van der Waals surface area contributed by atoms with Gasteiger partial charge in [-0.15, -0.1) is 0 Å². The number of rotatable bonds is 6. The quantitative estimate of drug-likeness (QED) is 0.395. The van der Waals surface area contributed by atoms with E-state index in [1.165, 1.54) is 13.2 Å². The van der Waals surface area contributed by atoms with Crippen LogP contribution in [0, 0.1) is 10.1 Å². The summed E-state index contributed by atoms with van der Waals surface area (Å²) in [5.41, 5.74) is 3.13. The second kappa shape index (κ2) is 7.49. The first kappa shape index (κ1) is 18.4. The van der Waals surface area contributed by atoms with E-state index in [2.05, 4.69) is 4.98 Å². The maximum absolute atomic E-state index is 11.8. The molecule has 0 saturated carbocycles. The van der Waals surface area contributed by atoms with Crippen LogP contribution in [0.15, 0.2) is 42.6 Å². The standard InChI is InChI=1S/C20H20N2O5/c1-4-14(15-7-5-12(20(23)27-3)9-19(15)26-2)17-11-21-18-8-6-13(22(24)25)10-16(17)18/h5-11,14,21H,4H2,1-3H3. The molecule has 0 aliphatic rings. The number of nitrogens with zero attached hydrogens (tertiary/aromatic N) is 1. The number of aromatic amines is 1. The molecule has 1 unspecified atom stereocenters. The fourth-order valence-electron chi connectivity index (χ4n) is 3.38. The zero-order valence-corrected chi connectivity index (χ0v) is 15.3. The predicted molar refractivity (Wildman–Crippen MR) is 101 cm³/mol. The van der Waals surface area contributed by atoms with E-state index in [9.17, 15) is 14.9 Å². The number of esters is 1. The van der Waals surface area contributed by atoms with Crippen molar-refractivity contribution in [2.24, 2.45) is 0 Å². The van der Waals surface area contributed by atoms with Gasteiger partial charge in [-0.1, -0.05) is 13.0 Å². The molecule has 1 heterocycles. The minimum absolute atomic E-state index is 0.0474. The first-order valence-electron chi connectivity index (χ1n) is 8.51. The van der Waals surface area contributed by atoms with Crippen molar-refractivity contribution in [1.82, 2.24) is 4.98 Å². The molecule has 0 amide bonds. The molecule has 1 N–H and O–H groups in total. The van der Waals surface area contributed by atoms with Crippen molar-refractivity contribution in [3.05, 3.63) is 69.4 Å². The summed E-state index contributed by atoms with van der Waals surface area (Å²) in [5, 5.41) is 12.0. The molecule has 2 aromatic carbocycles. The highest BCUT2D eigenvalue weighted by Gasteiger charge is 2.22. The lowest BCUT2D eigenvalue weighted by atomic mass is 9.87. The van der Waals surface area contributed by atoms with Crippen LogP contribution in [0.3, 0.4) is 0 Å². The highest BCUT2D eigenvalue weighted by atomic mass is 16.6. The van der Waals surface area contributed by atoms with Crippen molar-refractivity contribution in [1.29, 1.82) is 0 Å². The van der Waals surface area contributed by atoms with Gasteiger partial charge in [0, 0.05) is 40.7 Å². The van der Waals surface area contributed by atoms with Crippen LogP contribution in [0.5, 0.6) is 5.75 Å². The third kappa shape index (κ3) is 3.36. The Labute approximate surface area is 156 Å². The minimum atomic E-state index is -0.435. The van der Waals surface area contributed by atoms with Crippen molar-refractivity contribution in [2.75, 3.05) is 14.2 Å². The average molecular weight is 368 g/mol. The summed E-state index contributed by atoms with van der Waals surface area (Å²) in [5.74, 6) is 0.0857. The fourth-order valence-corrected chi connectivity index (χ4v) is 3.38. The second-order valence-corrected chi connectivity index (χ2v) is 6.14. The molecule has 3 rings (SSSR count). The van der Waals surface area contributed by atoms with E-state index >= 15 is 0 Å². The maximum atomic E-state index is 11.8. The van der Waals surface area contributed by atoms with E-state index in [-0.39, 0.29) is 11.6 Å². The Kier molecular flexibility index (Phi) is 5.12. The molecule has 1 aromatic heterocycles. The fraction of sp³-hybridized carbons (Fsp3) is 0.250. The molecule has 27 heavy (non-hydrogen) atoms. The van der Waals surface area contributed by atoms with Gasteiger partial charge in [0.1, 0.15) is 5.75 Å². The summed E-state index contributed by atoms with van der Waals surface area (Å²) in [6.07, 6.45) is 2.62. The molecule has 140 valence electrons. The zero-order valence-electron chi connectivity index (χ0n) is 15.3. The maximum Gasteiger partial charge on any atom is 0.337 e. The number of carbonyl (C=O) groups is 1. The summed E-state index contributed by atoms with van der Waals surface area (Å²) in [7, 11) is 2.88. The second-order valence-electron chi connectivity index (χ2n) is 6.14. The van der Waals surface area contributed by atoms with Crippen LogP contribution in [0.4, 0.5) is 5.69 Å². The monoisotopic (exact) mass is 368 g/mol. The van der Waals surface area contributed by atoms with Gasteiger partial charge in [0.05, 0.1) is 24.7 Å².